The molecule has 1 aliphatic rings. The summed E-state index contributed by atoms with van der Waals surface area (Å²) >= 11 is -1.36. The quantitative estimate of drug-likeness (QED) is 0.535. The fourth-order valence-corrected chi connectivity index (χ4v) is 3.63. The zero-order valence-corrected chi connectivity index (χ0v) is 7.05. The molecule has 1 heteroatoms. The van der Waals surface area contributed by atoms with E-state index in [1.165, 1.54) is 0 Å². The van der Waals surface area contributed by atoms with Gasteiger partial charge in [0.25, 0.3) is 0 Å². The Labute approximate surface area is 48.7 Å². The Balaban J connectivity index is 2.77. The molecule has 1 rings (SSSR count). The van der Waals surface area contributed by atoms with Crippen molar-refractivity contribution in [2.45, 2.75) is 9.94 Å². The summed E-state index contributed by atoms with van der Waals surface area (Å²) in [6.45, 7) is 0. The van der Waals surface area contributed by atoms with Crippen LogP contribution >= 0.6 is 0 Å². The Bertz CT molecular complexity index is 106. The van der Waals surface area contributed by atoms with E-state index < -0.39 is 18.2 Å². The summed E-state index contributed by atoms with van der Waals surface area (Å²) < 4.78 is 4.76. The average Bonchev–Trinajstić information content (AvgIpc) is 1.84. The molecule has 1 heterocycles. The minimum atomic E-state index is -1.36. The van der Waals surface area contributed by atoms with Crippen LogP contribution in [0.5, 0.6) is 0 Å². The van der Waals surface area contributed by atoms with Gasteiger partial charge in [0.1, 0.15) is 0 Å². The number of hydrogen-bond donors (Lipinski definition) is 0. The van der Waals surface area contributed by atoms with Crippen molar-refractivity contribution in [2.75, 3.05) is 0 Å². The van der Waals surface area contributed by atoms with Crippen LogP contribution < -0.4 is 0 Å². The molecule has 0 aromatic carbocycles. The Kier molecular flexibility index (Phi) is 1.28. The predicted octanol–water partition coefficient (Wildman–Crippen LogP) is 1.90. The van der Waals surface area contributed by atoms with E-state index in [4.69, 9.17) is 0 Å². The molecule has 40 valence electrons. The zero-order valence-electron chi connectivity index (χ0n) is 4.72. The first kappa shape index (κ1) is 5.41. The first-order valence-electron chi connectivity index (χ1n) is 2.29. The van der Waals surface area contributed by atoms with Crippen LogP contribution in [0.15, 0.2) is 20.4 Å². The van der Waals surface area contributed by atoms with Crippen molar-refractivity contribution in [3.8, 4) is 0 Å². The molecule has 0 saturated carbocycles. The van der Waals surface area contributed by atoms with Crippen molar-refractivity contribution in [1.82, 2.24) is 0 Å². The van der Waals surface area contributed by atoms with E-state index in [1.54, 1.807) is 0 Å². The van der Waals surface area contributed by atoms with Crippen molar-refractivity contribution in [1.29, 1.82) is 0 Å². The third-order valence-electron chi connectivity index (χ3n) is 0.970. The van der Waals surface area contributed by atoms with Gasteiger partial charge in [-0.1, -0.05) is 0 Å². The Morgan fingerprint density at radius 3 is 1.57 bits per heavy atom. The van der Waals surface area contributed by atoms with Crippen LogP contribution in [0.25, 0.3) is 0 Å². The van der Waals surface area contributed by atoms with Gasteiger partial charge >= 0.3 is 48.5 Å². The summed E-state index contributed by atoms with van der Waals surface area (Å²) in [5.41, 5.74) is 0. The summed E-state index contributed by atoms with van der Waals surface area (Å²) in [5.74, 6) is 0. The fraction of sp³-hybridized carbons (Fsp3) is 0.333. The molecular formula is C6H10Te. The molecule has 0 fully saturated rings. The van der Waals surface area contributed by atoms with Crippen molar-refractivity contribution in [3.63, 3.8) is 0 Å². The summed E-state index contributed by atoms with van der Waals surface area (Å²) in [6, 6.07) is 0. The molecule has 0 bridgehead atoms. The van der Waals surface area contributed by atoms with Crippen LogP contribution in [0, 0.1) is 0 Å². The first-order chi connectivity index (χ1) is 3.21. The van der Waals surface area contributed by atoms with Gasteiger partial charge in [-0.3, -0.25) is 0 Å². The molecule has 0 unspecified atom stereocenters. The second-order valence-electron chi connectivity index (χ2n) is 2.14. The van der Waals surface area contributed by atoms with Crippen LogP contribution in [0.1, 0.15) is 0 Å². The van der Waals surface area contributed by atoms with Crippen LogP contribution in [0.3, 0.4) is 0 Å². The fourth-order valence-electron chi connectivity index (χ4n) is 0.541. The number of hydrogen-bond acceptors (Lipinski definition) is 0. The molecule has 0 N–H and O–H groups in total. The molecule has 0 spiro atoms. The molecule has 0 aliphatic carbocycles. The first-order valence-corrected chi connectivity index (χ1v) is 9.64. The molecule has 0 radical (unpaired) electrons. The van der Waals surface area contributed by atoms with E-state index in [1.807, 2.05) is 0 Å². The molecule has 0 saturated heterocycles. The molecular weight excluding hydrogens is 200 g/mol. The van der Waals surface area contributed by atoms with E-state index in [-0.39, 0.29) is 0 Å². The van der Waals surface area contributed by atoms with E-state index in [0.29, 0.717) is 0 Å². The van der Waals surface area contributed by atoms with Gasteiger partial charge < -0.3 is 0 Å². The van der Waals surface area contributed by atoms with Crippen molar-refractivity contribution in [2.24, 2.45) is 0 Å². The molecule has 0 aromatic heterocycles. The Hall–Kier alpha value is 0.270. The van der Waals surface area contributed by atoms with Crippen LogP contribution in [-0.2, 0) is 0 Å². The van der Waals surface area contributed by atoms with Crippen LogP contribution in [0.4, 0.5) is 0 Å². The van der Waals surface area contributed by atoms with Crippen molar-refractivity contribution in [3.05, 3.63) is 20.4 Å². The maximum absolute atomic E-state index is 2.38. The van der Waals surface area contributed by atoms with Gasteiger partial charge in [0.2, 0.25) is 0 Å². The number of rotatable bonds is 0. The molecule has 1 aliphatic heterocycles. The zero-order chi connectivity index (χ0) is 5.33. The van der Waals surface area contributed by atoms with Gasteiger partial charge in [0.15, 0.2) is 0 Å². The maximum atomic E-state index is 2.38. The third-order valence-corrected chi connectivity index (χ3v) is 5.87. The summed E-state index contributed by atoms with van der Waals surface area (Å²) in [6.07, 6.45) is 4.34. The monoisotopic (exact) mass is 212 g/mol. The van der Waals surface area contributed by atoms with Crippen LogP contribution in [0.2, 0.25) is 9.94 Å². The topological polar surface area (TPSA) is 0 Å². The van der Waals surface area contributed by atoms with Gasteiger partial charge in [-0.25, -0.2) is 0 Å². The Morgan fingerprint density at radius 1 is 1.00 bits per heavy atom. The number of allylic oxidation sites excluding steroid dienone is 2. The second-order valence-corrected chi connectivity index (χ2v) is 12.2. The van der Waals surface area contributed by atoms with E-state index in [9.17, 15) is 0 Å². The van der Waals surface area contributed by atoms with E-state index in [2.05, 4.69) is 30.3 Å². The molecule has 7 heavy (non-hydrogen) atoms. The van der Waals surface area contributed by atoms with Gasteiger partial charge in [0.05, 0.1) is 0 Å². The van der Waals surface area contributed by atoms with Gasteiger partial charge in [-0.15, -0.1) is 0 Å². The van der Waals surface area contributed by atoms with Gasteiger partial charge in [-0.2, -0.15) is 0 Å². The van der Waals surface area contributed by atoms with Crippen molar-refractivity contribution < 1.29 is 0 Å². The van der Waals surface area contributed by atoms with Crippen LogP contribution in [-0.4, -0.2) is 18.2 Å². The molecule has 0 atom stereocenters. The predicted molar refractivity (Wildman–Crippen MR) is 35.8 cm³/mol. The van der Waals surface area contributed by atoms with Gasteiger partial charge in [-0.05, 0) is 0 Å². The minimum absolute atomic E-state index is 1.36. The average molecular weight is 210 g/mol. The SMILES string of the molecule is C[Te]1(C)C=CC=C1. The third kappa shape index (κ3) is 1.33. The second kappa shape index (κ2) is 1.65. The molecule has 0 amide bonds. The summed E-state index contributed by atoms with van der Waals surface area (Å²) in [7, 11) is 0. The molecule has 0 nitrogen and oxygen atoms in total. The summed E-state index contributed by atoms with van der Waals surface area (Å²) in [5, 5.41) is 0. The normalized spacial score (nSPS) is 28.3. The van der Waals surface area contributed by atoms with E-state index in [0.717, 1.165) is 0 Å². The molecule has 0 aromatic rings. The van der Waals surface area contributed by atoms with E-state index >= 15 is 0 Å². The standard InChI is InChI=1S/C6H10Te/c1-7(2)5-3-4-6-7/h3-6H,1-2H3. The van der Waals surface area contributed by atoms with Crippen molar-refractivity contribution >= 4 is 18.2 Å². The summed E-state index contributed by atoms with van der Waals surface area (Å²) in [4.78, 5) is 4.76. The van der Waals surface area contributed by atoms with Gasteiger partial charge in [0, 0.05) is 0 Å². The Morgan fingerprint density at radius 2 is 1.43 bits per heavy atom.